The summed E-state index contributed by atoms with van der Waals surface area (Å²) in [6.07, 6.45) is 22.4. The molecule has 0 saturated carbocycles. The first-order valence-corrected chi connectivity index (χ1v) is 16.2. The molecule has 0 saturated heterocycles. The van der Waals surface area contributed by atoms with Crippen LogP contribution in [0, 0.1) is 0 Å². The Morgan fingerprint density at radius 1 is 0.816 bits per heavy atom. The fourth-order valence-corrected chi connectivity index (χ4v) is 4.46. The number of carbonyl (C=O) groups is 2. The molecule has 0 radical (unpaired) electrons. The molecule has 0 aromatic carbocycles. The molecule has 0 spiro atoms. The van der Waals surface area contributed by atoms with E-state index in [1.165, 1.54) is 77.0 Å². The summed E-state index contributed by atoms with van der Waals surface area (Å²) in [5.41, 5.74) is 0. The van der Waals surface area contributed by atoms with Gasteiger partial charge in [-0.15, -0.1) is 0 Å². The molecule has 0 bridgehead atoms. The van der Waals surface area contributed by atoms with Crippen LogP contribution in [0.3, 0.4) is 0 Å². The Bertz CT molecular complexity index is 659. The number of aliphatic hydroxyl groups is 1. The number of rotatable bonds is 27. The van der Waals surface area contributed by atoms with Gasteiger partial charge in [0.2, 0.25) is 5.91 Å². The van der Waals surface area contributed by atoms with Gasteiger partial charge in [-0.3, -0.25) is 18.6 Å². The van der Waals surface area contributed by atoms with Crippen LogP contribution in [-0.2, 0) is 27.9 Å². The van der Waals surface area contributed by atoms with Crippen molar-refractivity contribution in [3.8, 4) is 0 Å². The highest BCUT2D eigenvalue weighted by molar-refractivity contribution is 7.47. The quantitative estimate of drug-likeness (QED) is 0.0455. The predicted octanol–water partition coefficient (Wildman–Crippen LogP) is 6.37. The van der Waals surface area contributed by atoms with Gasteiger partial charge in [-0.2, -0.15) is 0 Å². The number of phosphoric acid groups is 1. The molecule has 3 N–H and O–H groups in total. The minimum absolute atomic E-state index is 0.0802. The lowest BCUT2D eigenvalue weighted by molar-refractivity contribution is -0.146. The van der Waals surface area contributed by atoms with Gasteiger partial charge in [-0.25, -0.2) is 4.57 Å². The van der Waals surface area contributed by atoms with Crippen LogP contribution in [0.15, 0.2) is 12.2 Å². The van der Waals surface area contributed by atoms with E-state index >= 15 is 0 Å². The van der Waals surface area contributed by atoms with Crippen LogP contribution in [-0.4, -0.2) is 54.3 Å². The van der Waals surface area contributed by atoms with Crippen molar-refractivity contribution >= 4 is 19.7 Å². The van der Waals surface area contributed by atoms with Crippen molar-refractivity contribution in [3.63, 3.8) is 0 Å². The molecule has 1 amide bonds. The number of ether oxygens (including phenoxy) is 1. The van der Waals surface area contributed by atoms with E-state index in [0.717, 1.165) is 19.3 Å². The molecule has 38 heavy (non-hydrogen) atoms. The van der Waals surface area contributed by atoms with Gasteiger partial charge in [0.1, 0.15) is 12.7 Å². The van der Waals surface area contributed by atoms with Crippen molar-refractivity contribution in [2.24, 2.45) is 0 Å². The van der Waals surface area contributed by atoms with E-state index in [2.05, 4.69) is 28.9 Å². The molecular formula is C28H54NO8P. The average molecular weight is 564 g/mol. The highest BCUT2D eigenvalue weighted by Crippen LogP contribution is 2.42. The van der Waals surface area contributed by atoms with Crippen molar-refractivity contribution < 1.29 is 37.9 Å². The molecule has 0 aliphatic heterocycles. The van der Waals surface area contributed by atoms with Crippen LogP contribution in [0.1, 0.15) is 123 Å². The van der Waals surface area contributed by atoms with Crippen molar-refractivity contribution in [3.05, 3.63) is 12.2 Å². The Balaban J connectivity index is 3.51. The maximum atomic E-state index is 11.9. The number of carbonyl (C=O) groups excluding carboxylic acids is 2. The molecule has 224 valence electrons. The molecule has 10 heteroatoms. The topological polar surface area (TPSA) is 131 Å². The summed E-state index contributed by atoms with van der Waals surface area (Å²) < 4.78 is 25.9. The third-order valence-electron chi connectivity index (χ3n) is 6.00. The van der Waals surface area contributed by atoms with E-state index in [4.69, 9.17) is 9.26 Å². The van der Waals surface area contributed by atoms with Gasteiger partial charge >= 0.3 is 13.8 Å². The van der Waals surface area contributed by atoms with Crippen LogP contribution in [0.2, 0.25) is 0 Å². The number of allylic oxidation sites excluding steroid dienone is 2. The van der Waals surface area contributed by atoms with E-state index in [9.17, 15) is 24.2 Å². The van der Waals surface area contributed by atoms with Gasteiger partial charge < -0.3 is 20.1 Å². The third-order valence-corrected chi connectivity index (χ3v) is 6.98. The molecule has 0 rings (SSSR count). The standard InChI is InChI=1S/C28H54NO8P/c1-3-5-6-7-8-9-10-11-12-13-14-15-16-17-18-19-20-21-27(31)29-22-23-36-38(33,34)37-25-26(30)24-35-28(32)4-2/h11-12,26,30H,3-10,13-25H2,1-2H3,(H,29,31)(H,33,34)/b12-11-. The average Bonchev–Trinajstić information content (AvgIpc) is 2.90. The molecule has 0 fully saturated rings. The van der Waals surface area contributed by atoms with Gasteiger partial charge in [0.25, 0.3) is 0 Å². The molecule has 2 atom stereocenters. The molecule has 0 aliphatic carbocycles. The molecule has 0 heterocycles. The summed E-state index contributed by atoms with van der Waals surface area (Å²) in [5.74, 6) is -0.612. The second-order valence-corrected chi connectivity index (χ2v) is 11.1. The number of unbranched alkanes of at least 4 members (excludes halogenated alkanes) is 13. The van der Waals surface area contributed by atoms with Crippen LogP contribution < -0.4 is 5.32 Å². The highest BCUT2D eigenvalue weighted by atomic mass is 31.2. The van der Waals surface area contributed by atoms with Crippen LogP contribution in [0.5, 0.6) is 0 Å². The van der Waals surface area contributed by atoms with Crippen LogP contribution in [0.4, 0.5) is 0 Å². The lowest BCUT2D eigenvalue weighted by Crippen LogP contribution is -2.27. The fourth-order valence-electron chi connectivity index (χ4n) is 3.71. The summed E-state index contributed by atoms with van der Waals surface area (Å²) >= 11 is 0. The largest absolute Gasteiger partial charge is 0.472 e. The van der Waals surface area contributed by atoms with Crippen LogP contribution >= 0.6 is 7.82 Å². The van der Waals surface area contributed by atoms with Gasteiger partial charge in [-0.05, 0) is 32.1 Å². The SMILES string of the molecule is CCCCCCCC/C=C\CCCCCCCCCC(=O)NCCOP(=O)(O)OCC(O)COC(=O)CC. The predicted molar refractivity (Wildman–Crippen MR) is 151 cm³/mol. The minimum atomic E-state index is -4.37. The zero-order valence-corrected chi connectivity index (χ0v) is 24.8. The molecule has 0 aliphatic rings. The van der Waals surface area contributed by atoms with Gasteiger partial charge in [-0.1, -0.05) is 90.2 Å². The van der Waals surface area contributed by atoms with Crippen molar-refractivity contribution in [1.29, 1.82) is 0 Å². The molecule has 2 unspecified atom stereocenters. The van der Waals surface area contributed by atoms with Crippen LogP contribution in [0.25, 0.3) is 0 Å². The van der Waals surface area contributed by atoms with Crippen molar-refractivity contribution in [2.75, 3.05) is 26.4 Å². The molecular weight excluding hydrogens is 509 g/mol. The van der Waals surface area contributed by atoms with E-state index in [1.807, 2.05) is 0 Å². The number of aliphatic hydroxyl groups excluding tert-OH is 1. The lowest BCUT2D eigenvalue weighted by Gasteiger charge is -2.15. The smallest absolute Gasteiger partial charge is 0.463 e. The van der Waals surface area contributed by atoms with Crippen molar-refractivity contribution in [1.82, 2.24) is 5.32 Å². The Morgan fingerprint density at radius 2 is 1.37 bits per heavy atom. The molecule has 0 aromatic heterocycles. The Hall–Kier alpha value is -1.25. The number of amides is 1. The number of hydrogen-bond acceptors (Lipinski definition) is 7. The minimum Gasteiger partial charge on any atom is -0.463 e. The van der Waals surface area contributed by atoms with Gasteiger partial charge in [0.15, 0.2) is 0 Å². The first kappa shape index (κ1) is 36.8. The lowest BCUT2D eigenvalue weighted by atomic mass is 10.1. The second kappa shape index (κ2) is 26.0. The normalized spacial score (nSPS) is 13.9. The summed E-state index contributed by atoms with van der Waals surface area (Å²) in [7, 11) is -4.37. The summed E-state index contributed by atoms with van der Waals surface area (Å²) in [4.78, 5) is 32.5. The third kappa shape index (κ3) is 26.4. The zero-order valence-electron chi connectivity index (χ0n) is 23.9. The molecule has 9 nitrogen and oxygen atoms in total. The first-order chi connectivity index (χ1) is 18.3. The number of esters is 1. The van der Waals surface area contributed by atoms with E-state index in [0.29, 0.717) is 6.42 Å². The number of phosphoric ester groups is 1. The van der Waals surface area contributed by atoms with Gasteiger partial charge in [0.05, 0.1) is 13.2 Å². The Labute approximate surface area is 230 Å². The Morgan fingerprint density at radius 3 is 1.95 bits per heavy atom. The summed E-state index contributed by atoms with van der Waals surface area (Å²) in [5, 5.41) is 12.2. The first-order valence-electron chi connectivity index (χ1n) is 14.7. The van der Waals surface area contributed by atoms with Crippen molar-refractivity contribution in [2.45, 2.75) is 129 Å². The van der Waals surface area contributed by atoms with Gasteiger partial charge in [0, 0.05) is 19.4 Å². The monoisotopic (exact) mass is 563 g/mol. The second-order valence-electron chi connectivity index (χ2n) is 9.68. The van der Waals surface area contributed by atoms with E-state index in [1.54, 1.807) is 6.92 Å². The number of nitrogens with one attached hydrogen (secondary N) is 1. The summed E-state index contributed by atoms with van der Waals surface area (Å²) in [6, 6.07) is 0. The summed E-state index contributed by atoms with van der Waals surface area (Å²) in [6.45, 7) is 2.89. The Kier molecular flexibility index (Phi) is 25.1. The van der Waals surface area contributed by atoms with E-state index < -0.39 is 26.5 Å². The van der Waals surface area contributed by atoms with E-state index in [-0.39, 0.29) is 32.1 Å². The zero-order chi connectivity index (χ0) is 28.3. The maximum absolute atomic E-state index is 11.9. The highest BCUT2D eigenvalue weighted by Gasteiger charge is 2.23. The maximum Gasteiger partial charge on any atom is 0.472 e. The fraction of sp³-hybridized carbons (Fsp3) is 0.857. The molecule has 0 aromatic rings. The number of hydrogen-bond donors (Lipinski definition) is 3.